The normalized spacial score (nSPS) is 12.3. The van der Waals surface area contributed by atoms with Crippen molar-refractivity contribution in [1.29, 1.82) is 0 Å². The number of benzene rings is 7. The van der Waals surface area contributed by atoms with E-state index in [0.717, 1.165) is 27.7 Å². The molecule has 4 nitrogen and oxygen atoms in total. The Kier molecular flexibility index (Phi) is 4.55. The van der Waals surface area contributed by atoms with Gasteiger partial charge < -0.3 is 4.57 Å². The van der Waals surface area contributed by atoms with E-state index in [4.69, 9.17) is 9.97 Å². The van der Waals surface area contributed by atoms with Crippen molar-refractivity contribution in [2.24, 2.45) is 0 Å². The molecule has 0 saturated heterocycles. The Labute approximate surface area is 262 Å². The molecule has 46 heavy (non-hydrogen) atoms. The first-order valence-electron chi connectivity index (χ1n) is 15.7. The molecule has 0 unspecified atom stereocenters. The van der Waals surface area contributed by atoms with Crippen LogP contribution in [0, 0.1) is 0 Å². The fraction of sp³-hybridized carbons (Fsp3) is 0. The van der Waals surface area contributed by atoms with Gasteiger partial charge in [0.1, 0.15) is 5.52 Å². The SMILES string of the molecule is c1ccc(-n2c3ccccc3c3cc(-c4ccc5c(c4)c4cc6ccccc6c6c7nc8ccccc8nc7n5c46)ccc32)cc1. The molecule has 0 spiro atoms. The van der Waals surface area contributed by atoms with E-state index < -0.39 is 0 Å². The highest BCUT2D eigenvalue weighted by Gasteiger charge is 2.22. The largest absolute Gasteiger partial charge is 0.309 e. The van der Waals surface area contributed by atoms with E-state index in [-0.39, 0.29) is 0 Å². The van der Waals surface area contributed by atoms with Crippen molar-refractivity contribution in [1.82, 2.24) is 18.9 Å². The van der Waals surface area contributed by atoms with Crippen LogP contribution in [0.1, 0.15) is 0 Å². The molecular weight excluding hydrogens is 560 g/mol. The van der Waals surface area contributed by atoms with Crippen molar-refractivity contribution in [3.05, 3.63) is 146 Å². The van der Waals surface area contributed by atoms with Crippen LogP contribution in [0.3, 0.4) is 0 Å². The Morgan fingerprint density at radius 1 is 0.435 bits per heavy atom. The van der Waals surface area contributed by atoms with Gasteiger partial charge in [0, 0.05) is 32.6 Å². The van der Waals surface area contributed by atoms with Crippen LogP contribution in [0.5, 0.6) is 0 Å². The molecule has 212 valence electrons. The van der Waals surface area contributed by atoms with Crippen molar-refractivity contribution in [2.75, 3.05) is 0 Å². The Morgan fingerprint density at radius 2 is 1.07 bits per heavy atom. The number of hydrogen-bond acceptors (Lipinski definition) is 2. The van der Waals surface area contributed by atoms with Crippen LogP contribution in [0.25, 0.3) is 98.8 Å². The molecule has 0 fully saturated rings. The lowest BCUT2D eigenvalue weighted by atomic mass is 9.98. The zero-order valence-electron chi connectivity index (χ0n) is 24.6. The topological polar surface area (TPSA) is 35.1 Å². The van der Waals surface area contributed by atoms with Crippen molar-refractivity contribution < 1.29 is 0 Å². The van der Waals surface area contributed by atoms with E-state index in [0.29, 0.717) is 0 Å². The fourth-order valence-electron chi connectivity index (χ4n) is 7.80. The highest BCUT2D eigenvalue weighted by atomic mass is 15.0. The molecule has 4 heteroatoms. The molecule has 4 aromatic heterocycles. The van der Waals surface area contributed by atoms with Gasteiger partial charge in [-0.3, -0.25) is 4.40 Å². The lowest BCUT2D eigenvalue weighted by Gasteiger charge is -2.08. The summed E-state index contributed by atoms with van der Waals surface area (Å²) in [5.74, 6) is 0. The summed E-state index contributed by atoms with van der Waals surface area (Å²) >= 11 is 0. The number of hydrogen-bond donors (Lipinski definition) is 0. The Bertz CT molecular complexity index is 3020. The first kappa shape index (κ1) is 24.1. The summed E-state index contributed by atoms with van der Waals surface area (Å²) in [6.45, 7) is 0. The molecule has 0 radical (unpaired) electrons. The molecule has 7 aromatic carbocycles. The monoisotopic (exact) mass is 584 g/mol. The molecule has 11 aromatic rings. The van der Waals surface area contributed by atoms with Gasteiger partial charge in [-0.05, 0) is 82.6 Å². The van der Waals surface area contributed by atoms with Gasteiger partial charge in [-0.1, -0.05) is 84.9 Å². The molecule has 0 aliphatic rings. The average molecular weight is 585 g/mol. The van der Waals surface area contributed by atoms with Gasteiger partial charge in [0.2, 0.25) is 0 Å². The number of nitrogens with zero attached hydrogens (tertiary/aromatic N) is 4. The summed E-state index contributed by atoms with van der Waals surface area (Å²) < 4.78 is 4.70. The van der Waals surface area contributed by atoms with E-state index in [1.165, 1.54) is 71.1 Å². The quantitative estimate of drug-likeness (QED) is 0.203. The van der Waals surface area contributed by atoms with Crippen molar-refractivity contribution in [3.63, 3.8) is 0 Å². The molecule has 0 aliphatic heterocycles. The van der Waals surface area contributed by atoms with E-state index in [9.17, 15) is 0 Å². The lowest BCUT2D eigenvalue weighted by Crippen LogP contribution is -1.92. The van der Waals surface area contributed by atoms with Crippen LogP contribution in [-0.2, 0) is 0 Å². The third-order valence-corrected chi connectivity index (χ3v) is 9.79. The molecule has 11 rings (SSSR count). The molecule has 0 amide bonds. The van der Waals surface area contributed by atoms with Crippen molar-refractivity contribution >= 4 is 82.0 Å². The van der Waals surface area contributed by atoms with Gasteiger partial charge >= 0.3 is 0 Å². The molecule has 0 aliphatic carbocycles. The predicted molar refractivity (Wildman–Crippen MR) is 191 cm³/mol. The highest BCUT2D eigenvalue weighted by Crippen LogP contribution is 2.43. The average Bonchev–Trinajstić information content (AvgIpc) is 3.74. The minimum atomic E-state index is 0.910. The summed E-state index contributed by atoms with van der Waals surface area (Å²) in [6.07, 6.45) is 0. The number of aromatic nitrogens is 4. The van der Waals surface area contributed by atoms with Crippen LogP contribution in [0.4, 0.5) is 0 Å². The summed E-state index contributed by atoms with van der Waals surface area (Å²) in [5.41, 5.74) is 12.0. The molecule has 0 bridgehead atoms. The van der Waals surface area contributed by atoms with E-state index in [1.807, 2.05) is 12.1 Å². The molecule has 4 heterocycles. The third-order valence-electron chi connectivity index (χ3n) is 9.79. The van der Waals surface area contributed by atoms with Crippen LogP contribution in [0.2, 0.25) is 0 Å². The summed E-state index contributed by atoms with van der Waals surface area (Å²) in [7, 11) is 0. The second kappa shape index (κ2) is 8.68. The second-order valence-corrected chi connectivity index (χ2v) is 12.2. The highest BCUT2D eigenvalue weighted by molar-refractivity contribution is 6.30. The zero-order valence-corrected chi connectivity index (χ0v) is 24.6. The Morgan fingerprint density at radius 3 is 1.89 bits per heavy atom. The van der Waals surface area contributed by atoms with Gasteiger partial charge in [0.25, 0.3) is 0 Å². The maximum Gasteiger partial charge on any atom is 0.165 e. The van der Waals surface area contributed by atoms with Crippen LogP contribution >= 0.6 is 0 Å². The summed E-state index contributed by atoms with van der Waals surface area (Å²) in [6, 6.07) is 52.3. The van der Waals surface area contributed by atoms with Gasteiger partial charge in [-0.15, -0.1) is 0 Å². The van der Waals surface area contributed by atoms with E-state index >= 15 is 0 Å². The Balaban J connectivity index is 1.21. The smallest absolute Gasteiger partial charge is 0.165 e. The van der Waals surface area contributed by atoms with Gasteiger partial charge in [-0.25, -0.2) is 9.97 Å². The Hall–Kier alpha value is -6.26. The van der Waals surface area contributed by atoms with Crippen LogP contribution in [-0.4, -0.2) is 18.9 Å². The zero-order chi connectivity index (χ0) is 29.9. The minimum absolute atomic E-state index is 0.910. The van der Waals surface area contributed by atoms with E-state index in [2.05, 4.69) is 142 Å². The first-order valence-corrected chi connectivity index (χ1v) is 15.7. The predicted octanol–water partition coefficient (Wildman–Crippen LogP) is 10.7. The number of rotatable bonds is 2. The van der Waals surface area contributed by atoms with Crippen LogP contribution in [0.15, 0.2) is 146 Å². The van der Waals surface area contributed by atoms with Crippen molar-refractivity contribution in [3.8, 4) is 16.8 Å². The molecule has 0 saturated carbocycles. The molecule has 0 N–H and O–H groups in total. The maximum absolute atomic E-state index is 5.19. The molecule has 0 atom stereocenters. The summed E-state index contributed by atoms with van der Waals surface area (Å²) in [5, 5.41) is 8.58. The first-order chi connectivity index (χ1) is 22.8. The van der Waals surface area contributed by atoms with Crippen molar-refractivity contribution in [2.45, 2.75) is 0 Å². The fourth-order valence-corrected chi connectivity index (χ4v) is 7.80. The van der Waals surface area contributed by atoms with E-state index in [1.54, 1.807) is 0 Å². The lowest BCUT2D eigenvalue weighted by molar-refractivity contribution is 1.18. The standard InChI is InChI=1S/C42H24N4/c1-2-11-28(12-3-1)45-36-17-9-6-14-30(36)31-22-25(18-20-37(31)45)26-19-21-38-32(23-26)33-24-27-10-4-5-13-29(27)39-40-42(46(38)41(33)39)44-35-16-8-7-15-34(35)43-40/h1-24H. The summed E-state index contributed by atoms with van der Waals surface area (Å²) in [4.78, 5) is 10.4. The number of para-hydroxylation sites is 4. The third kappa shape index (κ3) is 3.07. The maximum atomic E-state index is 5.19. The van der Waals surface area contributed by atoms with Gasteiger partial charge in [-0.2, -0.15) is 0 Å². The van der Waals surface area contributed by atoms with Gasteiger partial charge in [0.05, 0.1) is 33.1 Å². The number of fused-ring (bicyclic) bond motifs is 12. The minimum Gasteiger partial charge on any atom is -0.309 e. The molecular formula is C42H24N4. The second-order valence-electron chi connectivity index (χ2n) is 12.2. The van der Waals surface area contributed by atoms with Crippen LogP contribution < -0.4 is 0 Å². The van der Waals surface area contributed by atoms with Gasteiger partial charge in [0.15, 0.2) is 5.65 Å².